The average Bonchev–Trinajstić information content (AvgIpc) is 3.17. The van der Waals surface area contributed by atoms with Gasteiger partial charge in [-0.1, -0.05) is 12.1 Å². The van der Waals surface area contributed by atoms with Gasteiger partial charge in [-0.15, -0.1) is 11.3 Å². The Morgan fingerprint density at radius 1 is 1.57 bits per heavy atom. The highest BCUT2D eigenvalue weighted by atomic mass is 32.1. The maximum absolute atomic E-state index is 11.6. The maximum Gasteiger partial charge on any atom is 0.307 e. The number of aromatic nitrogens is 1. The molecule has 2 heterocycles. The number of nitrogens with one attached hydrogen (secondary N) is 2. The van der Waals surface area contributed by atoms with Crippen LogP contribution < -0.4 is 10.6 Å². The SMILES string of the molecule is Cc1csc(Nc2cccc(C[C@H](C(=O)O)[C@H]3CCNC3)c2)n1. The van der Waals surface area contributed by atoms with Gasteiger partial charge in [0, 0.05) is 11.1 Å². The lowest BCUT2D eigenvalue weighted by Crippen LogP contribution is -2.27. The van der Waals surface area contributed by atoms with Crippen LogP contribution >= 0.6 is 11.3 Å². The second-order valence-corrected chi connectivity index (χ2v) is 6.88. The van der Waals surface area contributed by atoms with E-state index in [4.69, 9.17) is 0 Å². The average molecular weight is 331 g/mol. The molecule has 2 aromatic rings. The van der Waals surface area contributed by atoms with Crippen LogP contribution in [0.25, 0.3) is 0 Å². The molecule has 1 aromatic heterocycles. The van der Waals surface area contributed by atoms with Gasteiger partial charge < -0.3 is 15.7 Å². The molecule has 0 spiro atoms. The van der Waals surface area contributed by atoms with Crippen molar-refractivity contribution in [1.82, 2.24) is 10.3 Å². The van der Waals surface area contributed by atoms with E-state index < -0.39 is 5.97 Å². The fourth-order valence-corrected chi connectivity index (χ4v) is 3.75. The van der Waals surface area contributed by atoms with Crippen molar-refractivity contribution < 1.29 is 9.90 Å². The van der Waals surface area contributed by atoms with E-state index >= 15 is 0 Å². The van der Waals surface area contributed by atoms with Crippen molar-refractivity contribution in [3.05, 3.63) is 40.9 Å². The van der Waals surface area contributed by atoms with Gasteiger partial charge in [0.1, 0.15) is 0 Å². The van der Waals surface area contributed by atoms with E-state index in [1.807, 2.05) is 36.6 Å². The number of aliphatic carboxylic acids is 1. The summed E-state index contributed by atoms with van der Waals surface area (Å²) in [5, 5.41) is 18.9. The van der Waals surface area contributed by atoms with Crippen LogP contribution in [0, 0.1) is 18.8 Å². The molecule has 1 aliphatic rings. The van der Waals surface area contributed by atoms with Crippen molar-refractivity contribution in [1.29, 1.82) is 0 Å². The summed E-state index contributed by atoms with van der Waals surface area (Å²) in [6.07, 6.45) is 1.50. The number of carboxylic acid groups (broad SMARTS) is 1. The van der Waals surface area contributed by atoms with Gasteiger partial charge in [0.25, 0.3) is 0 Å². The van der Waals surface area contributed by atoms with Crippen LogP contribution in [0.2, 0.25) is 0 Å². The van der Waals surface area contributed by atoms with Crippen LogP contribution in [0.3, 0.4) is 0 Å². The zero-order valence-electron chi connectivity index (χ0n) is 13.1. The topological polar surface area (TPSA) is 74.2 Å². The van der Waals surface area contributed by atoms with Crippen molar-refractivity contribution in [3.8, 4) is 0 Å². The third-order valence-electron chi connectivity index (χ3n) is 4.24. The molecule has 3 N–H and O–H groups in total. The lowest BCUT2D eigenvalue weighted by Gasteiger charge is -2.19. The summed E-state index contributed by atoms with van der Waals surface area (Å²) in [6, 6.07) is 7.96. The number of carboxylic acids is 1. The predicted octanol–water partition coefficient (Wildman–Crippen LogP) is 3.05. The third-order valence-corrected chi connectivity index (χ3v) is 5.11. The molecular weight excluding hydrogens is 310 g/mol. The highest BCUT2D eigenvalue weighted by Gasteiger charge is 2.30. The molecule has 23 heavy (non-hydrogen) atoms. The molecule has 1 aromatic carbocycles. The standard InChI is InChI=1S/C17H21N3O2S/c1-11-10-23-17(19-11)20-14-4-2-3-12(7-14)8-15(16(21)22)13-5-6-18-9-13/h2-4,7,10,13,15,18H,5-6,8-9H2,1H3,(H,19,20)(H,21,22)/t13-,15-/m0/s1. The van der Waals surface area contributed by atoms with Crippen LogP contribution in [0.1, 0.15) is 17.7 Å². The van der Waals surface area contributed by atoms with E-state index in [0.29, 0.717) is 6.42 Å². The van der Waals surface area contributed by atoms with Crippen LogP contribution in [-0.2, 0) is 11.2 Å². The Labute approximate surface area is 139 Å². The van der Waals surface area contributed by atoms with Crippen molar-refractivity contribution >= 4 is 28.1 Å². The monoisotopic (exact) mass is 331 g/mol. The summed E-state index contributed by atoms with van der Waals surface area (Å²) in [7, 11) is 0. The van der Waals surface area contributed by atoms with Gasteiger partial charge in [0.2, 0.25) is 0 Å². The Balaban J connectivity index is 1.71. The van der Waals surface area contributed by atoms with Crippen molar-refractivity contribution in [2.24, 2.45) is 11.8 Å². The Morgan fingerprint density at radius 3 is 3.09 bits per heavy atom. The zero-order valence-corrected chi connectivity index (χ0v) is 13.9. The minimum atomic E-state index is -0.701. The van der Waals surface area contributed by atoms with E-state index in [1.54, 1.807) is 11.3 Å². The summed E-state index contributed by atoms with van der Waals surface area (Å²) in [5.74, 6) is -0.819. The number of thiazole rings is 1. The fraction of sp³-hybridized carbons (Fsp3) is 0.412. The van der Waals surface area contributed by atoms with Crippen LogP contribution in [0.4, 0.5) is 10.8 Å². The van der Waals surface area contributed by atoms with Gasteiger partial charge in [-0.3, -0.25) is 4.79 Å². The van der Waals surface area contributed by atoms with Gasteiger partial charge in [0.05, 0.1) is 11.6 Å². The number of anilines is 2. The number of rotatable bonds is 6. The van der Waals surface area contributed by atoms with Crippen molar-refractivity contribution in [2.75, 3.05) is 18.4 Å². The van der Waals surface area contributed by atoms with E-state index in [9.17, 15) is 9.90 Å². The maximum atomic E-state index is 11.6. The number of hydrogen-bond acceptors (Lipinski definition) is 5. The number of benzene rings is 1. The number of hydrogen-bond donors (Lipinski definition) is 3. The Kier molecular flexibility index (Phi) is 4.93. The molecule has 2 atom stereocenters. The minimum Gasteiger partial charge on any atom is -0.481 e. The molecule has 0 unspecified atom stereocenters. The van der Waals surface area contributed by atoms with Gasteiger partial charge >= 0.3 is 5.97 Å². The van der Waals surface area contributed by atoms with Gasteiger partial charge in [0.15, 0.2) is 5.13 Å². The Bertz CT molecular complexity index is 680. The van der Waals surface area contributed by atoms with Crippen molar-refractivity contribution in [2.45, 2.75) is 19.8 Å². The first-order valence-corrected chi connectivity index (χ1v) is 8.71. The third kappa shape index (κ3) is 4.09. The van der Waals surface area contributed by atoms with Gasteiger partial charge in [-0.2, -0.15) is 0 Å². The predicted molar refractivity (Wildman–Crippen MR) is 92.4 cm³/mol. The Morgan fingerprint density at radius 2 is 2.43 bits per heavy atom. The molecule has 3 rings (SSSR count). The normalized spacial score (nSPS) is 18.7. The molecule has 1 saturated heterocycles. The highest BCUT2D eigenvalue weighted by Crippen LogP contribution is 2.26. The van der Waals surface area contributed by atoms with Gasteiger partial charge in [-0.05, 0) is 56.5 Å². The van der Waals surface area contributed by atoms with E-state index in [1.165, 1.54) is 0 Å². The summed E-state index contributed by atoms with van der Waals surface area (Å²) < 4.78 is 0. The first kappa shape index (κ1) is 16.0. The number of aryl methyl sites for hydroxylation is 1. The van der Waals surface area contributed by atoms with Crippen LogP contribution in [0.15, 0.2) is 29.6 Å². The summed E-state index contributed by atoms with van der Waals surface area (Å²) in [4.78, 5) is 16.0. The van der Waals surface area contributed by atoms with Crippen LogP contribution in [-0.4, -0.2) is 29.1 Å². The quantitative estimate of drug-likeness (QED) is 0.759. The molecule has 1 aliphatic heterocycles. The lowest BCUT2D eigenvalue weighted by atomic mass is 9.86. The van der Waals surface area contributed by atoms with E-state index in [2.05, 4.69) is 15.6 Å². The molecule has 6 heteroatoms. The molecule has 0 saturated carbocycles. The Hall–Kier alpha value is -1.92. The molecule has 0 aliphatic carbocycles. The largest absolute Gasteiger partial charge is 0.481 e. The van der Waals surface area contributed by atoms with Crippen molar-refractivity contribution in [3.63, 3.8) is 0 Å². The smallest absolute Gasteiger partial charge is 0.307 e. The molecule has 0 amide bonds. The molecular formula is C17H21N3O2S. The van der Waals surface area contributed by atoms with Gasteiger partial charge in [-0.25, -0.2) is 4.98 Å². The summed E-state index contributed by atoms with van der Waals surface area (Å²) in [6.45, 7) is 3.68. The molecule has 122 valence electrons. The molecule has 1 fully saturated rings. The first-order valence-electron chi connectivity index (χ1n) is 7.83. The fourth-order valence-electron chi connectivity index (χ4n) is 3.04. The summed E-state index contributed by atoms with van der Waals surface area (Å²) >= 11 is 1.56. The minimum absolute atomic E-state index is 0.214. The van der Waals surface area contributed by atoms with E-state index in [-0.39, 0.29) is 11.8 Å². The van der Waals surface area contributed by atoms with Crippen LogP contribution in [0.5, 0.6) is 0 Å². The molecule has 5 nitrogen and oxygen atoms in total. The second-order valence-electron chi connectivity index (χ2n) is 6.02. The molecule has 0 radical (unpaired) electrons. The lowest BCUT2D eigenvalue weighted by molar-refractivity contribution is -0.143. The highest BCUT2D eigenvalue weighted by molar-refractivity contribution is 7.13. The number of carbonyl (C=O) groups is 1. The second kappa shape index (κ2) is 7.10. The molecule has 0 bridgehead atoms. The van der Waals surface area contributed by atoms with E-state index in [0.717, 1.165) is 41.6 Å². The first-order chi connectivity index (χ1) is 11.1. The summed E-state index contributed by atoms with van der Waals surface area (Å²) in [5.41, 5.74) is 2.99. The number of nitrogens with zero attached hydrogens (tertiary/aromatic N) is 1. The zero-order chi connectivity index (χ0) is 16.2.